The fraction of sp³-hybridized carbons (Fsp3) is 0.0667. The van der Waals surface area contributed by atoms with Crippen LogP contribution in [-0.2, 0) is 9.59 Å². The number of benzene rings is 3. The van der Waals surface area contributed by atoms with Crippen molar-refractivity contribution in [1.29, 1.82) is 0 Å². The zero-order valence-electron chi connectivity index (χ0n) is 21.2. The minimum absolute atomic E-state index is 0.123. The molecule has 0 fully saturated rings. The summed E-state index contributed by atoms with van der Waals surface area (Å²) in [7, 11) is 0. The fourth-order valence-corrected chi connectivity index (χ4v) is 4.29. The number of ketones is 4. The Morgan fingerprint density at radius 1 is 0.500 bits per heavy atom. The van der Waals surface area contributed by atoms with Crippen LogP contribution in [0.25, 0.3) is 0 Å². The van der Waals surface area contributed by atoms with E-state index in [2.05, 4.69) is 10.6 Å². The molecule has 10 nitrogen and oxygen atoms in total. The van der Waals surface area contributed by atoms with E-state index in [0.717, 1.165) is 0 Å². The van der Waals surface area contributed by atoms with Crippen molar-refractivity contribution >= 4 is 34.9 Å². The van der Waals surface area contributed by atoms with Crippen LogP contribution >= 0.6 is 0 Å². The Morgan fingerprint density at radius 2 is 0.800 bits per heavy atom. The van der Waals surface area contributed by atoms with Crippen molar-refractivity contribution in [3.8, 4) is 11.5 Å². The summed E-state index contributed by atoms with van der Waals surface area (Å²) >= 11 is 0. The normalized spacial score (nSPS) is 14.4. The molecule has 2 aliphatic rings. The topological polar surface area (TPSA) is 145 Å². The minimum Gasteiger partial charge on any atom is -0.451 e. The zero-order chi connectivity index (χ0) is 28.6. The van der Waals surface area contributed by atoms with E-state index in [-0.39, 0.29) is 56.7 Å². The predicted octanol–water partition coefficient (Wildman–Crippen LogP) is 3.30. The van der Waals surface area contributed by atoms with Gasteiger partial charge in [-0.15, -0.1) is 0 Å². The summed E-state index contributed by atoms with van der Waals surface area (Å²) in [5, 5.41) is 4.77. The molecule has 3 aromatic carbocycles. The summed E-state index contributed by atoms with van der Waals surface area (Å²) < 4.78 is 11.5. The van der Waals surface area contributed by atoms with Crippen LogP contribution in [0.3, 0.4) is 0 Å². The van der Waals surface area contributed by atoms with Crippen molar-refractivity contribution < 1.29 is 38.2 Å². The number of amides is 2. The Hall–Kier alpha value is -5.64. The van der Waals surface area contributed by atoms with E-state index in [4.69, 9.17) is 9.47 Å². The molecule has 5 rings (SSSR count). The van der Waals surface area contributed by atoms with Crippen LogP contribution in [0.15, 0.2) is 95.7 Å². The molecule has 10 heteroatoms. The lowest BCUT2D eigenvalue weighted by Gasteiger charge is -2.22. The number of carbonyl (C=O) groups excluding carboxylic acids is 6. The monoisotopic (exact) mass is 536 g/mol. The number of Topliss-reactive ketones (excluding diaryl/α,β-unsaturated/α-hetero) is 4. The molecule has 0 aliphatic heterocycles. The Labute approximate surface area is 227 Å². The van der Waals surface area contributed by atoms with Crippen LogP contribution in [0.2, 0.25) is 0 Å². The average Bonchev–Trinajstić information content (AvgIpc) is 2.94. The lowest BCUT2D eigenvalue weighted by molar-refractivity contribution is -0.119. The van der Waals surface area contributed by atoms with Crippen molar-refractivity contribution in [1.82, 2.24) is 10.6 Å². The van der Waals surface area contributed by atoms with Gasteiger partial charge in [-0.25, -0.2) is 0 Å². The van der Waals surface area contributed by atoms with Gasteiger partial charge in [0, 0.05) is 36.1 Å². The SMILES string of the molecule is CC(=O)NC1=C(Oc2ccc(OC3=C(NC(C)=O)C(=O)c4ccccc4C3=O)cc2)C(=O)c2ccccc2C1=O. The zero-order valence-corrected chi connectivity index (χ0v) is 21.2. The number of rotatable bonds is 6. The van der Waals surface area contributed by atoms with Crippen LogP contribution < -0.4 is 20.1 Å². The Morgan fingerprint density at radius 3 is 1.10 bits per heavy atom. The summed E-state index contributed by atoms with van der Waals surface area (Å²) in [6.45, 7) is 2.41. The number of hydrogen-bond acceptors (Lipinski definition) is 8. The van der Waals surface area contributed by atoms with E-state index in [1.807, 2.05) is 0 Å². The Balaban J connectivity index is 1.45. The van der Waals surface area contributed by atoms with Gasteiger partial charge in [-0.05, 0) is 24.3 Å². The maximum Gasteiger partial charge on any atom is 0.231 e. The molecular weight excluding hydrogens is 516 g/mol. The van der Waals surface area contributed by atoms with Gasteiger partial charge < -0.3 is 20.1 Å². The first-order valence-electron chi connectivity index (χ1n) is 12.0. The molecule has 0 spiro atoms. The molecule has 40 heavy (non-hydrogen) atoms. The second-order valence-electron chi connectivity index (χ2n) is 8.85. The predicted molar refractivity (Wildman–Crippen MR) is 140 cm³/mol. The van der Waals surface area contributed by atoms with Crippen molar-refractivity contribution in [3.05, 3.63) is 118 Å². The highest BCUT2D eigenvalue weighted by Gasteiger charge is 2.36. The summed E-state index contributed by atoms with van der Waals surface area (Å²) in [5.41, 5.74) is -0.0181. The maximum absolute atomic E-state index is 13.2. The van der Waals surface area contributed by atoms with Crippen molar-refractivity contribution in [3.63, 3.8) is 0 Å². The molecule has 0 bridgehead atoms. The molecule has 0 radical (unpaired) electrons. The summed E-state index contributed by atoms with van der Waals surface area (Å²) in [6, 6.07) is 18.0. The molecule has 0 saturated carbocycles. The molecule has 3 aromatic rings. The largest absolute Gasteiger partial charge is 0.451 e. The van der Waals surface area contributed by atoms with E-state index in [9.17, 15) is 28.8 Å². The third-order valence-corrected chi connectivity index (χ3v) is 6.02. The number of hydrogen-bond donors (Lipinski definition) is 2. The molecule has 198 valence electrons. The summed E-state index contributed by atoms with van der Waals surface area (Å²) in [5.74, 6) is -3.90. The first-order chi connectivity index (χ1) is 19.2. The van der Waals surface area contributed by atoms with E-state index < -0.39 is 34.9 Å². The van der Waals surface area contributed by atoms with E-state index >= 15 is 0 Å². The molecule has 2 aliphatic carbocycles. The summed E-state index contributed by atoms with van der Waals surface area (Å²) in [6.07, 6.45) is 0. The average molecular weight is 536 g/mol. The molecule has 2 N–H and O–H groups in total. The number of carbonyl (C=O) groups is 6. The first-order valence-corrected chi connectivity index (χ1v) is 12.0. The standard InChI is InChI=1S/C30H20N2O8/c1-15(33)31-23-25(35)19-7-3-5-9-21(19)27(37)29(23)39-17-11-13-18(14-12-17)40-30-24(32-16(2)34)26(36)20-8-4-6-10-22(20)28(30)38/h3-14H,1-2H3,(H,31,33)(H,32,34). The number of nitrogens with one attached hydrogen (secondary N) is 2. The Bertz CT molecular complexity index is 1590. The summed E-state index contributed by atoms with van der Waals surface area (Å²) in [4.78, 5) is 75.9. The molecular formula is C30H20N2O8. The van der Waals surface area contributed by atoms with Gasteiger partial charge in [0.15, 0.2) is 0 Å². The second-order valence-corrected chi connectivity index (χ2v) is 8.85. The fourth-order valence-electron chi connectivity index (χ4n) is 4.29. The van der Waals surface area contributed by atoms with Crippen LogP contribution in [0, 0.1) is 0 Å². The van der Waals surface area contributed by atoms with Crippen LogP contribution in [-0.4, -0.2) is 34.9 Å². The lowest BCUT2D eigenvalue weighted by atomic mass is 9.91. The van der Waals surface area contributed by atoms with Crippen LogP contribution in [0.4, 0.5) is 0 Å². The van der Waals surface area contributed by atoms with Crippen molar-refractivity contribution in [2.24, 2.45) is 0 Å². The number of allylic oxidation sites excluding steroid dienone is 4. The third kappa shape index (κ3) is 4.69. The van der Waals surface area contributed by atoms with Crippen molar-refractivity contribution in [2.45, 2.75) is 13.8 Å². The van der Waals surface area contributed by atoms with E-state index in [0.29, 0.717) is 0 Å². The van der Waals surface area contributed by atoms with Gasteiger partial charge in [0.25, 0.3) is 0 Å². The van der Waals surface area contributed by atoms with Gasteiger partial charge in [-0.2, -0.15) is 0 Å². The number of fused-ring (bicyclic) bond motifs is 2. The highest BCUT2D eigenvalue weighted by Crippen LogP contribution is 2.31. The third-order valence-electron chi connectivity index (χ3n) is 6.02. The molecule has 0 heterocycles. The number of ether oxygens (including phenoxy) is 2. The van der Waals surface area contributed by atoms with Gasteiger partial charge in [0.1, 0.15) is 22.9 Å². The lowest BCUT2D eigenvalue weighted by Crippen LogP contribution is -2.34. The first kappa shape index (κ1) is 26.0. The van der Waals surface area contributed by atoms with E-state index in [1.54, 1.807) is 24.3 Å². The maximum atomic E-state index is 13.2. The molecule has 0 saturated heterocycles. The van der Waals surface area contributed by atoms with Crippen LogP contribution in [0.5, 0.6) is 11.5 Å². The highest BCUT2D eigenvalue weighted by atomic mass is 16.5. The highest BCUT2D eigenvalue weighted by molar-refractivity contribution is 6.27. The smallest absolute Gasteiger partial charge is 0.231 e. The quantitative estimate of drug-likeness (QED) is 0.488. The van der Waals surface area contributed by atoms with Gasteiger partial charge in [0.2, 0.25) is 46.5 Å². The van der Waals surface area contributed by atoms with E-state index in [1.165, 1.54) is 62.4 Å². The molecule has 0 aromatic heterocycles. The molecule has 0 atom stereocenters. The van der Waals surface area contributed by atoms with Gasteiger partial charge in [-0.3, -0.25) is 28.8 Å². The Kier molecular flexibility index (Phi) is 6.66. The molecule has 0 unspecified atom stereocenters. The van der Waals surface area contributed by atoms with Crippen molar-refractivity contribution in [2.75, 3.05) is 0 Å². The van der Waals surface area contributed by atoms with Gasteiger partial charge in [0.05, 0.1) is 0 Å². The minimum atomic E-state index is -0.589. The van der Waals surface area contributed by atoms with Crippen LogP contribution in [0.1, 0.15) is 55.3 Å². The second kappa shape index (κ2) is 10.3. The molecule has 2 amide bonds. The van der Waals surface area contributed by atoms with Gasteiger partial charge >= 0.3 is 0 Å². The van der Waals surface area contributed by atoms with Gasteiger partial charge in [-0.1, -0.05) is 48.5 Å².